The van der Waals surface area contributed by atoms with Crippen molar-refractivity contribution < 1.29 is 13.6 Å². The summed E-state index contributed by atoms with van der Waals surface area (Å²) in [5.74, 6) is -1.42. The molecule has 136 valence electrons. The van der Waals surface area contributed by atoms with Crippen LogP contribution in [0.4, 0.5) is 8.78 Å². The van der Waals surface area contributed by atoms with Crippen molar-refractivity contribution in [3.8, 4) is 22.3 Å². The molecule has 0 N–H and O–H groups in total. The number of pyridine rings is 2. The lowest BCUT2D eigenvalue weighted by molar-refractivity contribution is 0.103. The van der Waals surface area contributed by atoms with Gasteiger partial charge < -0.3 is 0 Å². The van der Waals surface area contributed by atoms with Crippen LogP contribution in [0.15, 0.2) is 85.2 Å². The Hall–Kier alpha value is -3.73. The van der Waals surface area contributed by atoms with Crippen LogP contribution in [0.2, 0.25) is 0 Å². The Kier molecular flexibility index (Phi) is 4.72. The van der Waals surface area contributed by atoms with Crippen molar-refractivity contribution in [1.82, 2.24) is 9.97 Å². The third-order valence-corrected chi connectivity index (χ3v) is 4.37. The number of carbonyl (C=O) groups excluding carboxylic acids is 1. The summed E-state index contributed by atoms with van der Waals surface area (Å²) in [6.07, 6.45) is 2.92. The van der Waals surface area contributed by atoms with E-state index in [0.29, 0.717) is 11.1 Å². The number of aromatic nitrogens is 2. The summed E-state index contributed by atoms with van der Waals surface area (Å²) in [7, 11) is 0. The number of ketones is 1. The molecule has 2 heterocycles. The van der Waals surface area contributed by atoms with E-state index in [9.17, 15) is 13.6 Å². The number of hydrogen-bond acceptors (Lipinski definition) is 3. The first-order valence-corrected chi connectivity index (χ1v) is 8.61. The molecule has 4 aromatic rings. The van der Waals surface area contributed by atoms with Crippen LogP contribution >= 0.6 is 0 Å². The monoisotopic (exact) mass is 372 g/mol. The summed E-state index contributed by atoms with van der Waals surface area (Å²) < 4.78 is 28.6. The zero-order chi connectivity index (χ0) is 19.5. The lowest BCUT2D eigenvalue weighted by atomic mass is 9.96. The molecule has 0 fully saturated rings. The number of carbonyl (C=O) groups is 1. The smallest absolute Gasteiger partial charge is 0.230 e. The zero-order valence-electron chi connectivity index (χ0n) is 14.6. The van der Waals surface area contributed by atoms with Gasteiger partial charge in [-0.25, -0.2) is 8.78 Å². The molecule has 0 unspecified atom stereocenters. The van der Waals surface area contributed by atoms with Crippen molar-refractivity contribution in [1.29, 1.82) is 0 Å². The average molecular weight is 372 g/mol. The van der Waals surface area contributed by atoms with Gasteiger partial charge in [0.2, 0.25) is 5.78 Å². The average Bonchev–Trinajstić information content (AvgIpc) is 2.74. The van der Waals surface area contributed by atoms with Gasteiger partial charge in [-0.15, -0.1) is 0 Å². The van der Waals surface area contributed by atoms with Gasteiger partial charge in [-0.2, -0.15) is 0 Å². The second-order valence-corrected chi connectivity index (χ2v) is 6.09. The van der Waals surface area contributed by atoms with Crippen molar-refractivity contribution in [3.63, 3.8) is 0 Å². The van der Waals surface area contributed by atoms with Crippen molar-refractivity contribution in [2.45, 2.75) is 0 Å². The second kappa shape index (κ2) is 7.48. The van der Waals surface area contributed by atoms with Gasteiger partial charge in [0.25, 0.3) is 0 Å². The van der Waals surface area contributed by atoms with E-state index in [-0.39, 0.29) is 22.5 Å². The summed E-state index contributed by atoms with van der Waals surface area (Å²) >= 11 is 0. The van der Waals surface area contributed by atoms with E-state index < -0.39 is 17.4 Å². The Bertz CT molecular complexity index is 1080. The largest absolute Gasteiger partial charge is 0.285 e. The molecule has 3 nitrogen and oxygen atoms in total. The number of rotatable bonds is 4. The SMILES string of the molecule is O=C(c1ncccc1-c1ccccc1F)c1ncccc1-c1ccccc1F. The summed E-state index contributed by atoms with van der Waals surface area (Å²) in [6.45, 7) is 0. The van der Waals surface area contributed by atoms with Gasteiger partial charge in [-0.1, -0.05) is 48.5 Å². The molecule has 0 aliphatic carbocycles. The molecule has 0 amide bonds. The van der Waals surface area contributed by atoms with Gasteiger partial charge in [-0.05, 0) is 24.3 Å². The summed E-state index contributed by atoms with van der Waals surface area (Å²) in [5, 5.41) is 0. The molecule has 0 aliphatic heterocycles. The van der Waals surface area contributed by atoms with Gasteiger partial charge in [0.15, 0.2) is 0 Å². The molecule has 0 saturated carbocycles. The topological polar surface area (TPSA) is 42.9 Å². The van der Waals surface area contributed by atoms with Crippen molar-refractivity contribution in [2.24, 2.45) is 0 Å². The number of nitrogens with zero attached hydrogens (tertiary/aromatic N) is 2. The lowest BCUT2D eigenvalue weighted by Crippen LogP contribution is -2.10. The third-order valence-electron chi connectivity index (χ3n) is 4.37. The van der Waals surface area contributed by atoms with Crippen LogP contribution in [0.25, 0.3) is 22.3 Å². The summed E-state index contributed by atoms with van der Waals surface area (Å²) in [4.78, 5) is 21.6. The normalized spacial score (nSPS) is 10.6. The maximum absolute atomic E-state index is 14.3. The predicted octanol–water partition coefficient (Wildman–Crippen LogP) is 5.32. The molecule has 2 aromatic heterocycles. The first-order valence-electron chi connectivity index (χ1n) is 8.61. The highest BCUT2D eigenvalue weighted by atomic mass is 19.1. The van der Waals surface area contributed by atoms with Crippen molar-refractivity contribution >= 4 is 5.78 Å². The van der Waals surface area contributed by atoms with E-state index in [0.717, 1.165) is 0 Å². The fourth-order valence-electron chi connectivity index (χ4n) is 3.08. The van der Waals surface area contributed by atoms with Gasteiger partial charge in [-0.3, -0.25) is 14.8 Å². The highest BCUT2D eigenvalue weighted by Gasteiger charge is 2.23. The quantitative estimate of drug-likeness (QED) is 0.455. The molecule has 0 spiro atoms. The van der Waals surface area contributed by atoms with E-state index in [1.54, 1.807) is 60.7 Å². The predicted molar refractivity (Wildman–Crippen MR) is 103 cm³/mol. The molecule has 28 heavy (non-hydrogen) atoms. The third kappa shape index (κ3) is 3.18. The van der Waals surface area contributed by atoms with E-state index in [4.69, 9.17) is 0 Å². The molecule has 2 aromatic carbocycles. The van der Waals surface area contributed by atoms with Crippen LogP contribution in [0.3, 0.4) is 0 Å². The minimum atomic E-state index is -0.502. The fraction of sp³-hybridized carbons (Fsp3) is 0. The maximum Gasteiger partial charge on any atom is 0.230 e. The van der Waals surface area contributed by atoms with Gasteiger partial charge in [0.1, 0.15) is 23.0 Å². The fourth-order valence-corrected chi connectivity index (χ4v) is 3.08. The van der Waals surface area contributed by atoms with Crippen LogP contribution in [0.5, 0.6) is 0 Å². The van der Waals surface area contributed by atoms with Gasteiger partial charge in [0, 0.05) is 34.6 Å². The first-order chi connectivity index (χ1) is 13.7. The van der Waals surface area contributed by atoms with Crippen molar-refractivity contribution in [3.05, 3.63) is 108 Å². The second-order valence-electron chi connectivity index (χ2n) is 6.09. The number of hydrogen-bond donors (Lipinski definition) is 0. The number of halogens is 2. The Morgan fingerprint density at radius 2 is 0.964 bits per heavy atom. The van der Waals surface area contributed by atoms with Crippen LogP contribution in [-0.4, -0.2) is 15.8 Å². The Labute approximate surface area is 160 Å². The molecule has 0 radical (unpaired) electrons. The molecular weight excluding hydrogens is 358 g/mol. The maximum atomic E-state index is 14.3. The van der Waals surface area contributed by atoms with Gasteiger partial charge in [0.05, 0.1) is 0 Å². The van der Waals surface area contributed by atoms with E-state index in [1.807, 2.05) is 0 Å². The van der Waals surface area contributed by atoms with Crippen LogP contribution < -0.4 is 0 Å². The van der Waals surface area contributed by atoms with E-state index in [1.165, 1.54) is 24.5 Å². The molecular formula is C23H14F2N2O. The highest BCUT2D eigenvalue weighted by Crippen LogP contribution is 2.30. The standard InChI is InChI=1S/C23H14F2N2O/c24-19-11-3-1-7-15(19)17-9-5-13-26-21(17)23(28)22-18(10-6-14-27-22)16-8-2-4-12-20(16)25/h1-14H. The molecule has 0 aliphatic rings. The summed E-state index contributed by atoms with van der Waals surface area (Å²) in [5.41, 5.74) is 1.36. The highest BCUT2D eigenvalue weighted by molar-refractivity contribution is 6.13. The Balaban J connectivity index is 1.88. The van der Waals surface area contributed by atoms with Crippen LogP contribution in [0, 0.1) is 11.6 Å². The van der Waals surface area contributed by atoms with Gasteiger partial charge >= 0.3 is 0 Å². The molecule has 0 atom stereocenters. The molecule has 5 heteroatoms. The van der Waals surface area contributed by atoms with E-state index >= 15 is 0 Å². The molecule has 0 bridgehead atoms. The van der Waals surface area contributed by atoms with Crippen LogP contribution in [0.1, 0.15) is 16.2 Å². The molecule has 0 saturated heterocycles. The lowest BCUT2D eigenvalue weighted by Gasteiger charge is -2.11. The van der Waals surface area contributed by atoms with Crippen molar-refractivity contribution in [2.75, 3.05) is 0 Å². The zero-order valence-corrected chi connectivity index (χ0v) is 14.6. The Morgan fingerprint density at radius 1 is 0.571 bits per heavy atom. The first kappa shape index (κ1) is 17.7. The van der Waals surface area contributed by atoms with Crippen LogP contribution in [-0.2, 0) is 0 Å². The minimum Gasteiger partial charge on any atom is -0.285 e. The van der Waals surface area contributed by atoms with E-state index in [2.05, 4.69) is 9.97 Å². The Morgan fingerprint density at radius 3 is 1.39 bits per heavy atom. The number of benzene rings is 2. The summed E-state index contributed by atoms with van der Waals surface area (Å²) in [6, 6.07) is 18.9. The minimum absolute atomic E-state index is 0.0592. The molecule has 4 rings (SSSR count).